The van der Waals surface area contributed by atoms with E-state index in [0.29, 0.717) is 6.54 Å². The highest BCUT2D eigenvalue weighted by molar-refractivity contribution is 5.56. The Hall–Kier alpha value is -1.10. The Morgan fingerprint density at radius 3 is 2.37 bits per heavy atom. The minimum Gasteiger partial charge on any atom is -0.377 e. The van der Waals surface area contributed by atoms with Crippen LogP contribution in [-0.2, 0) is 15.9 Å². The van der Waals surface area contributed by atoms with Gasteiger partial charge in [0.15, 0.2) is 0 Å². The van der Waals surface area contributed by atoms with Crippen LogP contribution in [0.3, 0.4) is 0 Å². The maximum Gasteiger partial charge on any atom is 0.102 e. The molecule has 1 aliphatic heterocycles. The number of nitrogens with two attached hydrogens (primary N) is 1. The summed E-state index contributed by atoms with van der Waals surface area (Å²) in [6.45, 7) is 4.53. The van der Waals surface area contributed by atoms with Gasteiger partial charge in [-0.2, -0.15) is 0 Å². The summed E-state index contributed by atoms with van der Waals surface area (Å²) in [6.07, 6.45) is 1.18. The van der Waals surface area contributed by atoms with Gasteiger partial charge >= 0.3 is 0 Å². The number of rotatable bonds is 5. The van der Waals surface area contributed by atoms with Crippen LogP contribution < -0.4 is 10.6 Å². The lowest BCUT2D eigenvalue weighted by atomic mass is 10.1. The topological polar surface area (TPSA) is 47.7 Å². The van der Waals surface area contributed by atoms with Crippen LogP contribution in [0, 0.1) is 6.92 Å². The molecule has 0 saturated carbocycles. The van der Waals surface area contributed by atoms with Crippen LogP contribution in [-0.4, -0.2) is 46.1 Å². The lowest BCUT2D eigenvalue weighted by Crippen LogP contribution is -2.27. The molecule has 1 aromatic carbocycles. The molecule has 0 amide bonds. The number of aryl methyl sites for hydroxylation is 1. The molecule has 1 heterocycles. The van der Waals surface area contributed by atoms with Crippen LogP contribution >= 0.6 is 0 Å². The maximum atomic E-state index is 5.72. The van der Waals surface area contributed by atoms with Crippen molar-refractivity contribution < 1.29 is 9.47 Å². The zero-order valence-electron chi connectivity index (χ0n) is 12.1. The first-order chi connectivity index (χ1) is 9.19. The summed E-state index contributed by atoms with van der Waals surface area (Å²) in [5.74, 6) is 0. The van der Waals surface area contributed by atoms with Crippen molar-refractivity contribution >= 4 is 5.69 Å². The highest BCUT2D eigenvalue weighted by atomic mass is 16.5. The molecule has 19 heavy (non-hydrogen) atoms. The SMILES string of the molecule is COC1CN(c2ccc(C)cc2CCN)CC1OC. The molecule has 4 nitrogen and oxygen atoms in total. The van der Waals surface area contributed by atoms with Crippen molar-refractivity contribution in [1.82, 2.24) is 0 Å². The van der Waals surface area contributed by atoms with E-state index in [1.165, 1.54) is 16.8 Å². The fraction of sp³-hybridized carbons (Fsp3) is 0.600. The standard InChI is InChI=1S/C15H24N2O2/c1-11-4-5-13(12(8-11)6-7-16)17-9-14(18-2)15(10-17)19-3/h4-5,8,14-15H,6-7,9-10,16H2,1-3H3. The molecular weight excluding hydrogens is 240 g/mol. The summed E-state index contributed by atoms with van der Waals surface area (Å²) >= 11 is 0. The number of methoxy groups -OCH3 is 2. The summed E-state index contributed by atoms with van der Waals surface area (Å²) in [5, 5.41) is 0. The van der Waals surface area contributed by atoms with Gasteiger partial charge in [-0.1, -0.05) is 17.7 Å². The van der Waals surface area contributed by atoms with Crippen LogP contribution in [0.15, 0.2) is 18.2 Å². The lowest BCUT2D eigenvalue weighted by Gasteiger charge is -2.22. The molecule has 106 valence electrons. The van der Waals surface area contributed by atoms with Gasteiger partial charge in [0, 0.05) is 33.0 Å². The number of hydrogen-bond acceptors (Lipinski definition) is 4. The maximum absolute atomic E-state index is 5.72. The predicted octanol–water partition coefficient (Wildman–Crippen LogP) is 1.35. The van der Waals surface area contributed by atoms with E-state index >= 15 is 0 Å². The zero-order valence-corrected chi connectivity index (χ0v) is 12.1. The van der Waals surface area contributed by atoms with Crippen molar-refractivity contribution in [2.75, 3.05) is 38.8 Å². The van der Waals surface area contributed by atoms with E-state index in [4.69, 9.17) is 15.2 Å². The average Bonchev–Trinajstić information content (AvgIpc) is 2.82. The molecule has 1 saturated heterocycles. The van der Waals surface area contributed by atoms with E-state index in [2.05, 4.69) is 30.0 Å². The van der Waals surface area contributed by atoms with E-state index in [1.807, 2.05) is 0 Å². The Labute approximate surface area is 115 Å². The van der Waals surface area contributed by atoms with Crippen molar-refractivity contribution in [2.24, 2.45) is 5.73 Å². The molecule has 4 heteroatoms. The zero-order chi connectivity index (χ0) is 13.8. The van der Waals surface area contributed by atoms with Gasteiger partial charge in [0.05, 0.1) is 0 Å². The van der Waals surface area contributed by atoms with Crippen molar-refractivity contribution in [3.63, 3.8) is 0 Å². The average molecular weight is 264 g/mol. The Balaban J connectivity index is 2.22. The molecule has 1 fully saturated rings. The third-order valence-electron chi connectivity index (χ3n) is 3.81. The fourth-order valence-electron chi connectivity index (χ4n) is 2.77. The summed E-state index contributed by atoms with van der Waals surface area (Å²) in [5.41, 5.74) is 9.57. The molecule has 1 aromatic rings. The Morgan fingerprint density at radius 1 is 1.21 bits per heavy atom. The Morgan fingerprint density at radius 2 is 1.84 bits per heavy atom. The second kappa shape index (κ2) is 6.37. The van der Waals surface area contributed by atoms with Gasteiger partial charge < -0.3 is 20.1 Å². The summed E-state index contributed by atoms with van der Waals surface area (Å²) < 4.78 is 11.0. The molecule has 0 radical (unpaired) electrons. The minimum absolute atomic E-state index is 0.136. The Kier molecular flexibility index (Phi) is 4.80. The van der Waals surface area contributed by atoms with Crippen molar-refractivity contribution in [3.05, 3.63) is 29.3 Å². The molecule has 0 bridgehead atoms. The predicted molar refractivity (Wildman–Crippen MR) is 77.7 cm³/mol. The quantitative estimate of drug-likeness (QED) is 0.872. The van der Waals surface area contributed by atoms with E-state index in [-0.39, 0.29) is 12.2 Å². The normalized spacial score (nSPS) is 23.1. The van der Waals surface area contributed by atoms with Crippen LogP contribution in [0.2, 0.25) is 0 Å². The smallest absolute Gasteiger partial charge is 0.102 e. The molecule has 1 aliphatic rings. The molecule has 0 spiro atoms. The van der Waals surface area contributed by atoms with Crippen LogP contribution in [0.1, 0.15) is 11.1 Å². The summed E-state index contributed by atoms with van der Waals surface area (Å²) in [6, 6.07) is 6.56. The molecule has 0 aromatic heterocycles. The van der Waals surface area contributed by atoms with Crippen LogP contribution in [0.5, 0.6) is 0 Å². The highest BCUT2D eigenvalue weighted by Gasteiger charge is 2.33. The van der Waals surface area contributed by atoms with Gasteiger partial charge in [-0.3, -0.25) is 0 Å². The number of benzene rings is 1. The molecule has 2 rings (SSSR count). The summed E-state index contributed by atoms with van der Waals surface area (Å²) in [4.78, 5) is 2.34. The van der Waals surface area contributed by atoms with Crippen molar-refractivity contribution in [2.45, 2.75) is 25.6 Å². The monoisotopic (exact) mass is 264 g/mol. The third-order valence-corrected chi connectivity index (χ3v) is 3.81. The molecule has 0 aliphatic carbocycles. The number of nitrogens with zero attached hydrogens (tertiary/aromatic N) is 1. The van der Waals surface area contributed by atoms with E-state index in [1.54, 1.807) is 14.2 Å². The first kappa shape index (κ1) is 14.3. The van der Waals surface area contributed by atoms with Crippen molar-refractivity contribution in [1.29, 1.82) is 0 Å². The van der Waals surface area contributed by atoms with Gasteiger partial charge in [-0.05, 0) is 31.5 Å². The molecule has 2 N–H and O–H groups in total. The molecular formula is C15H24N2O2. The van der Waals surface area contributed by atoms with Gasteiger partial charge in [0.2, 0.25) is 0 Å². The number of hydrogen-bond donors (Lipinski definition) is 1. The molecule has 2 atom stereocenters. The second-order valence-corrected chi connectivity index (χ2v) is 5.12. The third kappa shape index (κ3) is 3.08. The summed E-state index contributed by atoms with van der Waals surface area (Å²) in [7, 11) is 3.49. The van der Waals surface area contributed by atoms with E-state index in [0.717, 1.165) is 19.5 Å². The van der Waals surface area contributed by atoms with Gasteiger partial charge in [0.1, 0.15) is 12.2 Å². The fourth-order valence-corrected chi connectivity index (χ4v) is 2.77. The van der Waals surface area contributed by atoms with Crippen molar-refractivity contribution in [3.8, 4) is 0 Å². The largest absolute Gasteiger partial charge is 0.377 e. The van der Waals surface area contributed by atoms with Gasteiger partial charge in [-0.15, -0.1) is 0 Å². The second-order valence-electron chi connectivity index (χ2n) is 5.12. The number of ether oxygens (including phenoxy) is 2. The van der Waals surface area contributed by atoms with Gasteiger partial charge in [0.25, 0.3) is 0 Å². The Bertz CT molecular complexity index is 411. The van der Waals surface area contributed by atoms with Crippen LogP contribution in [0.25, 0.3) is 0 Å². The van der Waals surface area contributed by atoms with E-state index < -0.39 is 0 Å². The van der Waals surface area contributed by atoms with Gasteiger partial charge in [-0.25, -0.2) is 0 Å². The minimum atomic E-state index is 0.136. The van der Waals surface area contributed by atoms with Crippen LogP contribution in [0.4, 0.5) is 5.69 Å². The first-order valence-electron chi connectivity index (χ1n) is 6.79. The molecule has 2 unspecified atom stereocenters. The highest BCUT2D eigenvalue weighted by Crippen LogP contribution is 2.28. The first-order valence-corrected chi connectivity index (χ1v) is 6.79. The number of anilines is 1. The van der Waals surface area contributed by atoms with E-state index in [9.17, 15) is 0 Å². The lowest BCUT2D eigenvalue weighted by molar-refractivity contribution is -0.00461.